The zero-order valence-corrected chi connectivity index (χ0v) is 14.2. The van der Waals surface area contributed by atoms with E-state index in [0.717, 1.165) is 10.9 Å². The molecule has 124 valence electrons. The van der Waals surface area contributed by atoms with Gasteiger partial charge in [0.2, 0.25) is 5.78 Å². The number of hydrogen-bond acceptors (Lipinski definition) is 5. The lowest BCUT2D eigenvalue weighted by Gasteiger charge is -2.19. The van der Waals surface area contributed by atoms with Crippen LogP contribution in [0.4, 0.5) is 0 Å². The van der Waals surface area contributed by atoms with Gasteiger partial charge in [0.1, 0.15) is 11.7 Å². The van der Waals surface area contributed by atoms with E-state index in [-0.39, 0.29) is 23.8 Å². The molecule has 0 fully saturated rings. The molecule has 0 saturated heterocycles. The van der Waals surface area contributed by atoms with Crippen molar-refractivity contribution in [3.05, 3.63) is 35.6 Å². The van der Waals surface area contributed by atoms with Crippen LogP contribution < -0.4 is 5.32 Å². The van der Waals surface area contributed by atoms with Gasteiger partial charge < -0.3 is 14.5 Å². The molecule has 0 aliphatic heterocycles. The third kappa shape index (κ3) is 4.42. The van der Waals surface area contributed by atoms with Crippen LogP contribution in [-0.4, -0.2) is 23.8 Å². The summed E-state index contributed by atoms with van der Waals surface area (Å²) in [6.07, 6.45) is -0.432. The molecule has 0 radical (unpaired) electrons. The van der Waals surface area contributed by atoms with Gasteiger partial charge in [0, 0.05) is 23.4 Å². The Morgan fingerprint density at radius 2 is 2.00 bits per heavy atom. The molecule has 5 nitrogen and oxygen atoms in total. The Kier molecular flexibility index (Phi) is 4.90. The van der Waals surface area contributed by atoms with E-state index in [9.17, 15) is 9.59 Å². The molecule has 1 atom stereocenters. The van der Waals surface area contributed by atoms with Crippen LogP contribution in [0.1, 0.15) is 56.8 Å². The smallest absolute Gasteiger partial charge is 0.303 e. The Hall–Kier alpha value is -2.14. The molecule has 0 saturated carbocycles. The van der Waals surface area contributed by atoms with Crippen molar-refractivity contribution in [3.8, 4) is 0 Å². The number of benzene rings is 1. The molecule has 1 aromatic heterocycles. The molecule has 1 N–H and O–H groups in total. The van der Waals surface area contributed by atoms with Crippen LogP contribution in [0.25, 0.3) is 11.0 Å². The van der Waals surface area contributed by atoms with Crippen molar-refractivity contribution >= 4 is 22.7 Å². The lowest BCUT2D eigenvalue weighted by molar-refractivity contribution is -0.145. The van der Waals surface area contributed by atoms with Gasteiger partial charge in [0.05, 0.1) is 6.54 Å². The molecule has 23 heavy (non-hydrogen) atoms. The van der Waals surface area contributed by atoms with E-state index in [4.69, 9.17) is 9.15 Å². The molecule has 0 amide bonds. The molecule has 0 aliphatic rings. The average molecular weight is 317 g/mol. The van der Waals surface area contributed by atoms with Crippen molar-refractivity contribution in [1.29, 1.82) is 0 Å². The number of esters is 1. The van der Waals surface area contributed by atoms with Gasteiger partial charge in [-0.2, -0.15) is 0 Å². The quantitative estimate of drug-likeness (QED) is 0.673. The van der Waals surface area contributed by atoms with Crippen molar-refractivity contribution in [2.24, 2.45) is 0 Å². The van der Waals surface area contributed by atoms with E-state index >= 15 is 0 Å². The molecular weight excluding hydrogens is 294 g/mol. The van der Waals surface area contributed by atoms with Gasteiger partial charge in [-0.3, -0.25) is 9.59 Å². The fourth-order valence-corrected chi connectivity index (χ4v) is 2.29. The van der Waals surface area contributed by atoms with Gasteiger partial charge in [-0.1, -0.05) is 18.2 Å². The van der Waals surface area contributed by atoms with Crippen LogP contribution in [0.5, 0.6) is 0 Å². The largest absolute Gasteiger partial charge is 0.458 e. The Labute approximate surface area is 136 Å². The summed E-state index contributed by atoms with van der Waals surface area (Å²) in [5.41, 5.74) is 1.19. The summed E-state index contributed by atoms with van der Waals surface area (Å²) < 4.78 is 11.0. The first-order valence-corrected chi connectivity index (χ1v) is 7.65. The zero-order chi connectivity index (χ0) is 17.2. The predicted octanol–water partition coefficient (Wildman–Crippen LogP) is 3.63. The van der Waals surface area contributed by atoms with Gasteiger partial charge >= 0.3 is 5.97 Å². The van der Waals surface area contributed by atoms with Crippen molar-refractivity contribution in [2.45, 2.75) is 46.3 Å². The number of rotatable bonds is 5. The predicted molar refractivity (Wildman–Crippen MR) is 88.5 cm³/mol. The van der Waals surface area contributed by atoms with Crippen molar-refractivity contribution < 1.29 is 18.7 Å². The zero-order valence-electron chi connectivity index (χ0n) is 14.2. The highest BCUT2D eigenvalue weighted by Crippen LogP contribution is 2.29. The minimum Gasteiger partial charge on any atom is -0.458 e. The number of fused-ring (bicyclic) bond motifs is 1. The van der Waals surface area contributed by atoms with Crippen LogP contribution >= 0.6 is 0 Å². The van der Waals surface area contributed by atoms with E-state index in [1.54, 1.807) is 13.0 Å². The minimum absolute atomic E-state index is 0.109. The van der Waals surface area contributed by atoms with Crippen molar-refractivity contribution in [1.82, 2.24) is 5.32 Å². The monoisotopic (exact) mass is 317 g/mol. The van der Waals surface area contributed by atoms with Gasteiger partial charge in [-0.15, -0.1) is 0 Å². The van der Waals surface area contributed by atoms with E-state index in [2.05, 4.69) is 5.32 Å². The van der Waals surface area contributed by atoms with E-state index in [0.29, 0.717) is 11.3 Å². The van der Waals surface area contributed by atoms with Crippen LogP contribution in [-0.2, 0) is 9.53 Å². The number of furan rings is 1. The number of Topliss-reactive ketones (excluding diaryl/α,β-unsaturated/α-hetero) is 1. The first kappa shape index (κ1) is 17.2. The Morgan fingerprint density at radius 3 is 2.61 bits per heavy atom. The summed E-state index contributed by atoms with van der Waals surface area (Å²) in [6, 6.07) is 7.29. The second kappa shape index (κ2) is 6.54. The SMILES string of the molecule is CC(=O)OC(C)c1cccc2cc(C(=O)CNC(C)(C)C)oc12. The van der Waals surface area contributed by atoms with Crippen LogP contribution in [0.2, 0.25) is 0 Å². The molecule has 1 aromatic carbocycles. The molecule has 1 heterocycles. The van der Waals surface area contributed by atoms with Crippen LogP contribution in [0.15, 0.2) is 28.7 Å². The lowest BCUT2D eigenvalue weighted by Crippen LogP contribution is -2.39. The fraction of sp³-hybridized carbons (Fsp3) is 0.444. The average Bonchev–Trinajstić information content (AvgIpc) is 2.86. The third-order valence-electron chi connectivity index (χ3n) is 3.41. The molecular formula is C18H23NO4. The first-order valence-electron chi connectivity index (χ1n) is 7.65. The van der Waals surface area contributed by atoms with Crippen molar-refractivity contribution in [3.63, 3.8) is 0 Å². The number of para-hydroxylation sites is 1. The van der Waals surface area contributed by atoms with E-state index in [1.807, 2.05) is 39.0 Å². The van der Waals surface area contributed by atoms with E-state index in [1.165, 1.54) is 6.92 Å². The Balaban J connectivity index is 2.28. The maximum absolute atomic E-state index is 12.3. The number of ketones is 1. The van der Waals surface area contributed by atoms with Crippen molar-refractivity contribution in [2.75, 3.05) is 6.54 Å². The highest BCUT2D eigenvalue weighted by molar-refractivity contribution is 5.99. The molecule has 2 aromatic rings. The highest BCUT2D eigenvalue weighted by atomic mass is 16.5. The van der Waals surface area contributed by atoms with E-state index < -0.39 is 6.10 Å². The molecule has 1 unspecified atom stereocenters. The maximum atomic E-state index is 12.3. The summed E-state index contributed by atoms with van der Waals surface area (Å²) in [4.78, 5) is 23.4. The number of ether oxygens (including phenoxy) is 1. The first-order chi connectivity index (χ1) is 10.7. The molecule has 0 aliphatic carbocycles. The number of hydrogen-bond donors (Lipinski definition) is 1. The lowest BCUT2D eigenvalue weighted by atomic mass is 10.1. The second-order valence-electron chi connectivity index (χ2n) is 6.65. The number of nitrogens with one attached hydrogen (secondary N) is 1. The summed E-state index contributed by atoms with van der Waals surface area (Å²) in [5.74, 6) is -0.159. The Bertz CT molecular complexity index is 724. The molecule has 2 rings (SSSR count). The third-order valence-corrected chi connectivity index (χ3v) is 3.41. The normalized spacial score (nSPS) is 13.1. The summed E-state index contributed by atoms with van der Waals surface area (Å²) >= 11 is 0. The Morgan fingerprint density at radius 1 is 1.30 bits per heavy atom. The van der Waals surface area contributed by atoms with Gasteiger partial charge in [0.25, 0.3) is 0 Å². The maximum Gasteiger partial charge on any atom is 0.303 e. The number of carbonyl (C=O) groups excluding carboxylic acids is 2. The molecule has 5 heteroatoms. The topological polar surface area (TPSA) is 68.5 Å². The minimum atomic E-state index is -0.432. The van der Waals surface area contributed by atoms with Gasteiger partial charge in [-0.25, -0.2) is 0 Å². The molecule has 0 spiro atoms. The number of carbonyl (C=O) groups is 2. The fourth-order valence-electron chi connectivity index (χ4n) is 2.29. The van der Waals surface area contributed by atoms with Gasteiger partial charge in [-0.05, 0) is 33.8 Å². The van der Waals surface area contributed by atoms with Crippen LogP contribution in [0, 0.1) is 0 Å². The summed E-state index contributed by atoms with van der Waals surface area (Å²) in [7, 11) is 0. The second-order valence-corrected chi connectivity index (χ2v) is 6.65. The summed E-state index contributed by atoms with van der Waals surface area (Å²) in [6.45, 7) is 9.35. The molecule has 0 bridgehead atoms. The highest BCUT2D eigenvalue weighted by Gasteiger charge is 2.19. The standard InChI is InChI=1S/C18H23NO4/c1-11(22-12(2)20)14-8-6-7-13-9-16(23-17(13)14)15(21)10-19-18(3,4)5/h6-9,11,19H,10H2,1-5H3. The summed E-state index contributed by atoms with van der Waals surface area (Å²) in [5, 5.41) is 3.97. The van der Waals surface area contributed by atoms with Crippen LogP contribution in [0.3, 0.4) is 0 Å². The van der Waals surface area contributed by atoms with Gasteiger partial charge in [0.15, 0.2) is 5.76 Å².